The molecule has 3 aromatic rings. The predicted molar refractivity (Wildman–Crippen MR) is 111 cm³/mol. The van der Waals surface area contributed by atoms with E-state index in [1.54, 1.807) is 11.3 Å². The van der Waals surface area contributed by atoms with E-state index in [2.05, 4.69) is 25.6 Å². The van der Waals surface area contributed by atoms with Crippen LogP contribution in [-0.2, 0) is 19.1 Å². The fourth-order valence-electron chi connectivity index (χ4n) is 2.45. The zero-order valence-corrected chi connectivity index (χ0v) is 17.3. The number of guanidine groups is 1. The highest BCUT2D eigenvalue weighted by molar-refractivity contribution is 7.13. The number of nitrogens with one attached hydrogen (secondary N) is 2. The average molecular weight is 440 g/mol. The summed E-state index contributed by atoms with van der Waals surface area (Å²) in [4.78, 5) is 12.6. The van der Waals surface area contributed by atoms with Crippen molar-refractivity contribution in [1.29, 1.82) is 0 Å². The number of aromatic nitrogens is 2. The summed E-state index contributed by atoms with van der Waals surface area (Å²) in [5.41, 5.74) is 1.20. The lowest BCUT2D eigenvalue weighted by atomic mass is 10.2. The maximum Gasteiger partial charge on any atom is 0.434 e. The van der Waals surface area contributed by atoms with Crippen molar-refractivity contribution < 1.29 is 13.2 Å². The van der Waals surface area contributed by atoms with E-state index in [1.807, 2.05) is 42.6 Å². The number of rotatable bonds is 7. The predicted octanol–water partition coefficient (Wildman–Crippen LogP) is 4.58. The van der Waals surface area contributed by atoms with Gasteiger partial charge in [0.2, 0.25) is 0 Å². The Morgan fingerprint density at radius 3 is 2.55 bits per heavy atom. The van der Waals surface area contributed by atoms with Crippen molar-refractivity contribution in [2.75, 3.05) is 13.1 Å². The molecule has 5 nitrogen and oxygen atoms in total. The highest BCUT2D eigenvalue weighted by atomic mass is 32.1. The van der Waals surface area contributed by atoms with Gasteiger partial charge in [0.25, 0.3) is 0 Å². The largest absolute Gasteiger partial charge is 0.434 e. The molecule has 0 radical (unpaired) electrons. The second kappa shape index (κ2) is 9.84. The van der Waals surface area contributed by atoms with E-state index < -0.39 is 11.9 Å². The summed E-state index contributed by atoms with van der Waals surface area (Å²) >= 11 is 2.56. The molecule has 10 heteroatoms. The Hall–Kier alpha value is -2.46. The molecule has 0 saturated carbocycles. The molecule has 0 unspecified atom stereocenters. The molecule has 0 aliphatic heterocycles. The minimum absolute atomic E-state index is 0.0882. The number of aliphatic imine (C=N–C) groups is 1. The van der Waals surface area contributed by atoms with Crippen LogP contribution < -0.4 is 10.6 Å². The van der Waals surface area contributed by atoms with Crippen LogP contribution in [0.15, 0.2) is 46.1 Å². The average Bonchev–Trinajstić information content (AvgIpc) is 3.36. The van der Waals surface area contributed by atoms with Gasteiger partial charge >= 0.3 is 6.18 Å². The highest BCUT2D eigenvalue weighted by Crippen LogP contribution is 2.30. The lowest BCUT2D eigenvalue weighted by molar-refractivity contribution is -0.140. The van der Waals surface area contributed by atoms with Gasteiger partial charge in [-0.2, -0.15) is 13.2 Å². The SMILES string of the molecule is CCNC(=NCc1nc(C(F)(F)F)cs1)NCCc1csc(-c2ccccc2)n1. The van der Waals surface area contributed by atoms with Crippen LogP contribution in [0.25, 0.3) is 10.6 Å². The summed E-state index contributed by atoms with van der Waals surface area (Å²) in [6.45, 7) is 3.27. The van der Waals surface area contributed by atoms with Crippen LogP contribution in [0.2, 0.25) is 0 Å². The first-order valence-electron chi connectivity index (χ1n) is 8.99. The standard InChI is InChI=1S/C19H20F3N5S2/c1-2-23-18(25-10-16-27-15(12-28-16)19(20,21)22)24-9-8-14-11-29-17(26-14)13-6-4-3-5-7-13/h3-7,11-12H,2,8-10H2,1H3,(H2,23,24,25). The van der Waals surface area contributed by atoms with Gasteiger partial charge in [0, 0.05) is 35.8 Å². The molecule has 3 rings (SSSR count). The molecule has 0 atom stereocenters. The first-order valence-corrected chi connectivity index (χ1v) is 10.7. The molecule has 154 valence electrons. The Morgan fingerprint density at radius 2 is 1.86 bits per heavy atom. The third-order valence-electron chi connectivity index (χ3n) is 3.80. The number of hydrogen-bond donors (Lipinski definition) is 2. The van der Waals surface area contributed by atoms with E-state index in [-0.39, 0.29) is 6.54 Å². The van der Waals surface area contributed by atoms with Crippen LogP contribution in [0.4, 0.5) is 13.2 Å². The Labute approximate surface area is 174 Å². The van der Waals surface area contributed by atoms with Crippen molar-refractivity contribution in [3.8, 4) is 10.6 Å². The zero-order chi connectivity index (χ0) is 20.7. The van der Waals surface area contributed by atoms with Gasteiger partial charge in [0.05, 0.1) is 12.2 Å². The van der Waals surface area contributed by atoms with Gasteiger partial charge in [-0.15, -0.1) is 22.7 Å². The molecule has 0 fully saturated rings. The van der Waals surface area contributed by atoms with E-state index in [1.165, 1.54) is 0 Å². The molecular weight excluding hydrogens is 419 g/mol. The second-order valence-electron chi connectivity index (χ2n) is 6.01. The summed E-state index contributed by atoms with van der Waals surface area (Å²) in [7, 11) is 0. The second-order valence-corrected chi connectivity index (χ2v) is 7.81. The summed E-state index contributed by atoms with van der Waals surface area (Å²) in [5, 5.41) is 10.6. The Kier molecular flexibility index (Phi) is 7.21. The molecule has 0 spiro atoms. The van der Waals surface area contributed by atoms with Crippen molar-refractivity contribution in [3.05, 3.63) is 57.5 Å². The Morgan fingerprint density at radius 1 is 1.07 bits per heavy atom. The molecule has 0 amide bonds. The minimum Gasteiger partial charge on any atom is -0.357 e. The van der Waals surface area contributed by atoms with Gasteiger partial charge in [-0.25, -0.2) is 15.0 Å². The summed E-state index contributed by atoms with van der Waals surface area (Å²) in [6.07, 6.45) is -3.71. The number of halogens is 3. The zero-order valence-electron chi connectivity index (χ0n) is 15.7. The fraction of sp³-hybridized carbons (Fsp3) is 0.316. The van der Waals surface area contributed by atoms with Gasteiger partial charge in [-0.1, -0.05) is 30.3 Å². The molecule has 1 aromatic carbocycles. The molecule has 0 aliphatic rings. The van der Waals surface area contributed by atoms with Crippen LogP contribution in [0.3, 0.4) is 0 Å². The Balaban J connectivity index is 1.53. The summed E-state index contributed by atoms with van der Waals surface area (Å²) < 4.78 is 37.9. The topological polar surface area (TPSA) is 62.2 Å². The fourth-order valence-corrected chi connectivity index (χ4v) is 4.03. The van der Waals surface area contributed by atoms with Gasteiger partial charge in [-0.05, 0) is 6.92 Å². The van der Waals surface area contributed by atoms with E-state index in [4.69, 9.17) is 0 Å². The number of hydrogen-bond acceptors (Lipinski definition) is 5. The molecule has 29 heavy (non-hydrogen) atoms. The maximum absolute atomic E-state index is 12.6. The van der Waals surface area contributed by atoms with Gasteiger partial charge < -0.3 is 10.6 Å². The first-order chi connectivity index (χ1) is 14.0. The van der Waals surface area contributed by atoms with E-state index in [9.17, 15) is 13.2 Å². The maximum atomic E-state index is 12.6. The van der Waals surface area contributed by atoms with Gasteiger partial charge in [0.1, 0.15) is 10.0 Å². The quantitative estimate of drug-likeness (QED) is 0.418. The molecule has 2 aromatic heterocycles. The van der Waals surface area contributed by atoms with Crippen LogP contribution in [0.1, 0.15) is 23.3 Å². The molecule has 0 saturated heterocycles. The van der Waals surface area contributed by atoms with Crippen molar-refractivity contribution in [2.45, 2.75) is 26.1 Å². The third kappa shape index (κ3) is 6.26. The number of benzene rings is 1. The van der Waals surface area contributed by atoms with Crippen molar-refractivity contribution in [2.24, 2.45) is 4.99 Å². The number of nitrogens with zero attached hydrogens (tertiary/aromatic N) is 3. The molecular formula is C19H20F3N5S2. The van der Waals surface area contributed by atoms with Crippen LogP contribution in [0.5, 0.6) is 0 Å². The molecule has 0 bridgehead atoms. The number of alkyl halides is 3. The minimum atomic E-state index is -4.42. The highest BCUT2D eigenvalue weighted by Gasteiger charge is 2.33. The number of thiazole rings is 2. The first kappa shape index (κ1) is 21.3. The summed E-state index contributed by atoms with van der Waals surface area (Å²) in [5.74, 6) is 0.537. The molecule has 0 aliphatic carbocycles. The van der Waals surface area contributed by atoms with Crippen molar-refractivity contribution >= 4 is 28.6 Å². The molecule has 2 N–H and O–H groups in total. The lowest BCUT2D eigenvalue weighted by Crippen LogP contribution is -2.38. The third-order valence-corrected chi connectivity index (χ3v) is 5.58. The molecule has 2 heterocycles. The van der Waals surface area contributed by atoms with Crippen LogP contribution >= 0.6 is 22.7 Å². The van der Waals surface area contributed by atoms with Gasteiger partial charge in [-0.3, -0.25) is 0 Å². The normalized spacial score (nSPS) is 12.2. The lowest BCUT2D eigenvalue weighted by Gasteiger charge is -2.10. The smallest absolute Gasteiger partial charge is 0.357 e. The van der Waals surface area contributed by atoms with Crippen LogP contribution in [0, 0.1) is 0 Å². The van der Waals surface area contributed by atoms with Gasteiger partial charge in [0.15, 0.2) is 11.7 Å². The van der Waals surface area contributed by atoms with E-state index in [0.29, 0.717) is 30.5 Å². The Bertz CT molecular complexity index is 935. The monoisotopic (exact) mass is 439 g/mol. The van der Waals surface area contributed by atoms with E-state index >= 15 is 0 Å². The van der Waals surface area contributed by atoms with Crippen LogP contribution in [-0.4, -0.2) is 29.0 Å². The van der Waals surface area contributed by atoms with Crippen molar-refractivity contribution in [1.82, 2.24) is 20.6 Å². The van der Waals surface area contributed by atoms with Crippen molar-refractivity contribution in [3.63, 3.8) is 0 Å². The summed E-state index contributed by atoms with van der Waals surface area (Å²) in [6, 6.07) is 9.99. The van der Waals surface area contributed by atoms with E-state index in [0.717, 1.165) is 33.0 Å².